The first-order valence-electron chi connectivity index (χ1n) is 11.6. The van der Waals surface area contributed by atoms with E-state index in [0.717, 1.165) is 49.9 Å². The van der Waals surface area contributed by atoms with Crippen LogP contribution in [0.2, 0.25) is 0 Å². The lowest BCUT2D eigenvalue weighted by molar-refractivity contribution is 0.145. The van der Waals surface area contributed by atoms with Gasteiger partial charge in [-0.1, -0.05) is 42.6 Å². The zero-order chi connectivity index (χ0) is 19.8. The molecule has 0 bridgehead atoms. The molecule has 1 amide bonds. The summed E-state index contributed by atoms with van der Waals surface area (Å²) in [5, 5.41) is 12.4. The molecule has 4 atom stereocenters. The van der Waals surface area contributed by atoms with Gasteiger partial charge < -0.3 is 15.2 Å². The number of carbonyl (C=O) groups is 1. The van der Waals surface area contributed by atoms with Gasteiger partial charge in [0.25, 0.3) is 0 Å². The lowest BCUT2D eigenvalue weighted by Crippen LogP contribution is -2.21. The Kier molecular flexibility index (Phi) is 8.44. The van der Waals surface area contributed by atoms with E-state index in [1.807, 2.05) is 0 Å². The van der Waals surface area contributed by atoms with E-state index in [4.69, 9.17) is 4.74 Å². The number of carbonyl (C=O) groups excluding carboxylic acids is 1. The normalized spacial score (nSPS) is 33.1. The molecule has 3 fully saturated rings. The average Bonchev–Trinajstić information content (AvgIpc) is 3.12. The van der Waals surface area contributed by atoms with Crippen molar-refractivity contribution < 1.29 is 14.6 Å². The fraction of sp³-hybridized carbons (Fsp3) is 0.792. The number of rotatable bonds is 7. The molecule has 3 aliphatic carbocycles. The van der Waals surface area contributed by atoms with Crippen molar-refractivity contribution in [1.29, 1.82) is 0 Å². The lowest BCUT2D eigenvalue weighted by atomic mass is 9.73. The number of ether oxygens (including phenoxy) is 1. The second kappa shape index (κ2) is 11.0. The molecule has 4 unspecified atom stereocenters. The minimum atomic E-state index is -0.321. The van der Waals surface area contributed by atoms with Crippen LogP contribution in [0.5, 0.6) is 0 Å². The van der Waals surface area contributed by atoms with E-state index >= 15 is 0 Å². The van der Waals surface area contributed by atoms with E-state index in [0.29, 0.717) is 6.61 Å². The van der Waals surface area contributed by atoms with E-state index < -0.39 is 0 Å². The van der Waals surface area contributed by atoms with Crippen molar-refractivity contribution in [1.82, 2.24) is 5.32 Å². The molecule has 0 heterocycles. The highest BCUT2D eigenvalue weighted by molar-refractivity contribution is 5.66. The molecule has 0 aromatic heterocycles. The van der Waals surface area contributed by atoms with Gasteiger partial charge in [-0.2, -0.15) is 0 Å². The molecule has 0 spiro atoms. The van der Waals surface area contributed by atoms with Crippen LogP contribution in [-0.2, 0) is 4.74 Å². The van der Waals surface area contributed by atoms with Gasteiger partial charge in [-0.05, 0) is 82.0 Å². The highest BCUT2D eigenvalue weighted by atomic mass is 16.5. The molecule has 0 aromatic rings. The Balaban J connectivity index is 1.43. The maximum atomic E-state index is 11.1. The van der Waals surface area contributed by atoms with Gasteiger partial charge in [0.2, 0.25) is 0 Å². The van der Waals surface area contributed by atoms with Crippen LogP contribution in [0.25, 0.3) is 0 Å². The maximum absolute atomic E-state index is 11.1. The molecule has 3 saturated carbocycles. The molecule has 3 rings (SSSR count). The van der Waals surface area contributed by atoms with E-state index in [1.165, 1.54) is 56.9 Å². The van der Waals surface area contributed by atoms with Crippen LogP contribution in [0.15, 0.2) is 23.3 Å². The third-order valence-corrected chi connectivity index (χ3v) is 7.17. The highest BCUT2D eigenvalue weighted by Crippen LogP contribution is 2.50. The van der Waals surface area contributed by atoms with Crippen LogP contribution in [0.3, 0.4) is 0 Å². The number of alkyl carbamates (subject to hydrolysis) is 1. The van der Waals surface area contributed by atoms with Crippen LogP contribution in [0.4, 0.5) is 4.79 Å². The van der Waals surface area contributed by atoms with Crippen molar-refractivity contribution in [3.63, 3.8) is 0 Å². The van der Waals surface area contributed by atoms with E-state index in [1.54, 1.807) is 12.6 Å². The van der Waals surface area contributed by atoms with Gasteiger partial charge in [-0.3, -0.25) is 0 Å². The maximum Gasteiger partial charge on any atom is 0.406 e. The third kappa shape index (κ3) is 6.10. The van der Waals surface area contributed by atoms with E-state index in [-0.39, 0.29) is 12.2 Å². The largest absolute Gasteiger partial charge is 0.450 e. The van der Waals surface area contributed by atoms with Gasteiger partial charge in [0.1, 0.15) is 0 Å². The minimum absolute atomic E-state index is 0.116. The average molecular weight is 390 g/mol. The molecule has 4 nitrogen and oxygen atoms in total. The summed E-state index contributed by atoms with van der Waals surface area (Å²) in [4.78, 5) is 11.1. The van der Waals surface area contributed by atoms with Crippen molar-refractivity contribution in [2.75, 3.05) is 13.7 Å². The van der Waals surface area contributed by atoms with Crippen LogP contribution >= 0.6 is 0 Å². The van der Waals surface area contributed by atoms with E-state index in [2.05, 4.69) is 17.5 Å². The van der Waals surface area contributed by atoms with Gasteiger partial charge in [0.05, 0.1) is 12.7 Å². The topological polar surface area (TPSA) is 58.6 Å². The second-order valence-electron chi connectivity index (χ2n) is 9.05. The molecule has 4 heteroatoms. The van der Waals surface area contributed by atoms with Gasteiger partial charge >= 0.3 is 6.09 Å². The Morgan fingerprint density at radius 2 is 1.96 bits per heavy atom. The van der Waals surface area contributed by atoms with Crippen LogP contribution in [0.1, 0.15) is 83.5 Å². The molecule has 0 aromatic carbocycles. The number of nitrogens with one attached hydrogen (secondary N) is 1. The Morgan fingerprint density at radius 1 is 1.11 bits per heavy atom. The number of allylic oxidation sites excluding steroid dienone is 3. The summed E-state index contributed by atoms with van der Waals surface area (Å²) in [6, 6.07) is 0. The Labute approximate surface area is 170 Å². The summed E-state index contributed by atoms with van der Waals surface area (Å²) in [6.45, 7) is 0.534. The Morgan fingerprint density at radius 3 is 2.79 bits per heavy atom. The van der Waals surface area contributed by atoms with Crippen molar-refractivity contribution in [2.45, 2.75) is 89.6 Å². The Hall–Kier alpha value is -1.29. The van der Waals surface area contributed by atoms with Crippen LogP contribution in [-0.4, -0.2) is 31.0 Å². The predicted octanol–water partition coefficient (Wildman–Crippen LogP) is 5.52. The van der Waals surface area contributed by atoms with Gasteiger partial charge in [0.15, 0.2) is 0 Å². The molecule has 0 aliphatic heterocycles. The molecular weight excluding hydrogens is 350 g/mol. The predicted molar refractivity (Wildman–Crippen MR) is 113 cm³/mol. The number of aliphatic hydroxyl groups is 1. The molecule has 3 aliphatic rings. The summed E-state index contributed by atoms with van der Waals surface area (Å²) < 4.78 is 5.07. The standard InChI is InChI=1S/C24H39NO3/c1-25-24(27)28-16-4-2-3-8-19-14-15-23-20(9-6-11-22(19)23)13-12-18-7-5-10-21(26)17-18/h12-13,19,21-23,26H,2-11,14-17H2,1H3,(H,25,27)/b18-12-,20-13+. The number of aliphatic hydroxyl groups excluding tert-OH is 1. The third-order valence-electron chi connectivity index (χ3n) is 7.17. The first kappa shape index (κ1) is 21.4. The van der Waals surface area contributed by atoms with Crippen molar-refractivity contribution in [3.8, 4) is 0 Å². The monoisotopic (exact) mass is 389 g/mol. The zero-order valence-electron chi connectivity index (χ0n) is 17.6. The number of hydrogen-bond donors (Lipinski definition) is 2. The fourth-order valence-corrected chi connectivity index (χ4v) is 5.71. The summed E-state index contributed by atoms with van der Waals surface area (Å²) in [5.41, 5.74) is 3.13. The number of unbranched alkanes of at least 4 members (excludes halogenated alkanes) is 2. The lowest BCUT2D eigenvalue weighted by Gasteiger charge is -2.32. The number of hydrogen-bond acceptors (Lipinski definition) is 3. The quantitative estimate of drug-likeness (QED) is 0.564. The molecule has 0 saturated heterocycles. The smallest absolute Gasteiger partial charge is 0.406 e. The van der Waals surface area contributed by atoms with Crippen molar-refractivity contribution in [3.05, 3.63) is 23.3 Å². The second-order valence-corrected chi connectivity index (χ2v) is 9.05. The van der Waals surface area contributed by atoms with Gasteiger partial charge in [-0.15, -0.1) is 0 Å². The summed E-state index contributed by atoms with van der Waals surface area (Å²) in [7, 11) is 1.60. The first-order chi connectivity index (χ1) is 13.7. The molecular formula is C24H39NO3. The van der Waals surface area contributed by atoms with Crippen molar-refractivity contribution >= 4 is 6.09 Å². The zero-order valence-corrected chi connectivity index (χ0v) is 17.6. The molecule has 28 heavy (non-hydrogen) atoms. The van der Waals surface area contributed by atoms with Crippen LogP contribution in [0, 0.1) is 17.8 Å². The molecule has 158 valence electrons. The van der Waals surface area contributed by atoms with Gasteiger partial charge in [0, 0.05) is 7.05 Å². The highest BCUT2D eigenvalue weighted by Gasteiger charge is 2.39. The van der Waals surface area contributed by atoms with Gasteiger partial charge in [-0.25, -0.2) is 4.79 Å². The first-order valence-corrected chi connectivity index (χ1v) is 11.6. The summed E-state index contributed by atoms with van der Waals surface area (Å²) >= 11 is 0. The molecule has 0 radical (unpaired) electrons. The summed E-state index contributed by atoms with van der Waals surface area (Å²) in [5.74, 6) is 2.58. The summed E-state index contributed by atoms with van der Waals surface area (Å²) in [6.07, 6.45) is 20.0. The minimum Gasteiger partial charge on any atom is -0.450 e. The number of fused-ring (bicyclic) bond motifs is 1. The van der Waals surface area contributed by atoms with E-state index in [9.17, 15) is 9.90 Å². The van der Waals surface area contributed by atoms with Crippen LogP contribution < -0.4 is 5.32 Å². The van der Waals surface area contributed by atoms with Crippen molar-refractivity contribution in [2.24, 2.45) is 17.8 Å². The fourth-order valence-electron chi connectivity index (χ4n) is 5.71. The number of amides is 1. The Bertz CT molecular complexity index is 568. The molecule has 2 N–H and O–H groups in total. The SMILES string of the molecule is CNC(=O)OCCCCCC1CCC2/C(=C/C=C3/CCCC(O)C3)CCCC12.